The molecular formula is C23H23ClN6O3. The third kappa shape index (κ3) is 4.64. The van der Waals surface area contributed by atoms with Gasteiger partial charge in [-0.2, -0.15) is 4.98 Å². The number of hydrogen-bond donors (Lipinski definition) is 2. The summed E-state index contributed by atoms with van der Waals surface area (Å²) in [4.78, 5) is 12.9. The lowest BCUT2D eigenvalue weighted by molar-refractivity contribution is 0.0211. The molecule has 170 valence electrons. The van der Waals surface area contributed by atoms with Gasteiger partial charge in [-0.25, -0.2) is 9.97 Å². The van der Waals surface area contributed by atoms with Gasteiger partial charge < -0.3 is 29.4 Å². The van der Waals surface area contributed by atoms with Crippen molar-refractivity contribution < 1.29 is 14.2 Å². The molecule has 2 aromatic heterocycles. The highest BCUT2D eigenvalue weighted by Gasteiger charge is 2.18. The minimum atomic E-state index is 0.167. The Morgan fingerprint density at radius 1 is 1.15 bits per heavy atom. The Morgan fingerprint density at radius 3 is 2.70 bits per heavy atom. The fraction of sp³-hybridized carbons (Fsp3) is 0.261. The first-order valence-corrected chi connectivity index (χ1v) is 10.8. The van der Waals surface area contributed by atoms with E-state index in [1.807, 2.05) is 37.4 Å². The zero-order chi connectivity index (χ0) is 22.8. The minimum Gasteiger partial charge on any atom is -0.480 e. The van der Waals surface area contributed by atoms with Gasteiger partial charge in [0.15, 0.2) is 0 Å². The number of methoxy groups -OCH3 is 1. The van der Waals surface area contributed by atoms with Crippen LogP contribution in [-0.2, 0) is 18.3 Å². The van der Waals surface area contributed by atoms with Gasteiger partial charge in [-0.15, -0.1) is 0 Å². The standard InChI is InChI=1S/C23H23ClN6O3/c1-30-20-9-15(27-16-12-32-13-16)5-8-19(20)28-22(30)25-10-14-3-6-17(7-4-14)33-23-26-11-18(24)21(29-23)31-2/h3-9,11,16,27H,10,12-13H2,1-2H3,(H,25,28). The molecule has 2 aromatic carbocycles. The van der Waals surface area contributed by atoms with Crippen molar-refractivity contribution in [3.8, 4) is 17.6 Å². The Balaban J connectivity index is 1.23. The number of hydrogen-bond acceptors (Lipinski definition) is 8. The van der Waals surface area contributed by atoms with Crippen molar-refractivity contribution in [2.45, 2.75) is 12.6 Å². The van der Waals surface area contributed by atoms with Crippen LogP contribution < -0.4 is 20.1 Å². The van der Waals surface area contributed by atoms with Gasteiger partial charge in [-0.1, -0.05) is 23.7 Å². The van der Waals surface area contributed by atoms with E-state index in [1.165, 1.54) is 13.3 Å². The summed E-state index contributed by atoms with van der Waals surface area (Å²) < 4.78 is 18.1. The molecule has 5 rings (SSSR count). The monoisotopic (exact) mass is 466 g/mol. The molecule has 0 aliphatic carbocycles. The van der Waals surface area contributed by atoms with Crippen LogP contribution in [0.3, 0.4) is 0 Å². The van der Waals surface area contributed by atoms with Gasteiger partial charge >= 0.3 is 6.01 Å². The molecule has 0 bridgehead atoms. The zero-order valence-electron chi connectivity index (χ0n) is 18.2. The molecule has 0 amide bonds. The average molecular weight is 467 g/mol. The Labute approximate surface area is 195 Å². The summed E-state index contributed by atoms with van der Waals surface area (Å²) in [5.74, 6) is 1.68. The molecule has 1 fully saturated rings. The summed E-state index contributed by atoms with van der Waals surface area (Å²) in [7, 11) is 3.50. The Bertz CT molecular complexity index is 1270. The summed E-state index contributed by atoms with van der Waals surface area (Å²) in [6.45, 7) is 2.12. The smallest absolute Gasteiger partial charge is 0.325 e. The number of aryl methyl sites for hydroxylation is 1. The van der Waals surface area contributed by atoms with E-state index in [1.54, 1.807) is 0 Å². The maximum Gasteiger partial charge on any atom is 0.325 e. The number of imidazole rings is 1. The molecule has 0 radical (unpaired) electrons. The second-order valence-electron chi connectivity index (χ2n) is 7.69. The minimum absolute atomic E-state index is 0.167. The van der Waals surface area contributed by atoms with Gasteiger partial charge in [0.1, 0.15) is 10.8 Å². The van der Waals surface area contributed by atoms with Crippen LogP contribution in [0, 0.1) is 0 Å². The molecule has 10 heteroatoms. The second-order valence-corrected chi connectivity index (χ2v) is 8.09. The zero-order valence-corrected chi connectivity index (χ0v) is 19.0. The molecule has 4 aromatic rings. The lowest BCUT2D eigenvalue weighted by Crippen LogP contribution is -2.40. The van der Waals surface area contributed by atoms with Crippen LogP contribution in [0.5, 0.6) is 17.6 Å². The number of benzene rings is 2. The topological polar surface area (TPSA) is 95.4 Å². The third-order valence-electron chi connectivity index (χ3n) is 5.36. The first kappa shape index (κ1) is 21.3. The molecule has 1 aliphatic rings. The van der Waals surface area contributed by atoms with Gasteiger partial charge in [0.25, 0.3) is 0 Å². The Hall–Kier alpha value is -3.56. The molecule has 1 aliphatic heterocycles. The van der Waals surface area contributed by atoms with Gasteiger partial charge in [0, 0.05) is 19.3 Å². The van der Waals surface area contributed by atoms with E-state index >= 15 is 0 Å². The van der Waals surface area contributed by atoms with Gasteiger partial charge in [-0.05, 0) is 35.9 Å². The number of ether oxygens (including phenoxy) is 3. The second kappa shape index (κ2) is 9.13. The Morgan fingerprint density at radius 2 is 1.97 bits per heavy atom. The Kier molecular flexibility index (Phi) is 5.89. The van der Waals surface area contributed by atoms with Gasteiger partial charge in [0.2, 0.25) is 11.8 Å². The predicted octanol–water partition coefficient (Wildman–Crippen LogP) is 4.24. The third-order valence-corrected chi connectivity index (χ3v) is 5.62. The van der Waals surface area contributed by atoms with Gasteiger partial charge in [0.05, 0.1) is 43.6 Å². The van der Waals surface area contributed by atoms with Crippen LogP contribution in [0.1, 0.15) is 5.56 Å². The van der Waals surface area contributed by atoms with Crippen LogP contribution >= 0.6 is 11.6 Å². The fourth-order valence-electron chi connectivity index (χ4n) is 3.48. The number of fused-ring (bicyclic) bond motifs is 1. The summed E-state index contributed by atoms with van der Waals surface area (Å²) >= 11 is 5.95. The van der Waals surface area contributed by atoms with Crippen LogP contribution in [0.4, 0.5) is 11.6 Å². The number of aromatic nitrogens is 4. The lowest BCUT2D eigenvalue weighted by atomic mass is 10.2. The molecule has 9 nitrogen and oxygen atoms in total. The molecule has 0 atom stereocenters. The summed E-state index contributed by atoms with van der Waals surface area (Å²) in [5.41, 5.74) is 4.15. The average Bonchev–Trinajstić information content (AvgIpc) is 3.12. The first-order valence-electron chi connectivity index (χ1n) is 10.5. The van der Waals surface area contributed by atoms with Gasteiger partial charge in [-0.3, -0.25) is 0 Å². The summed E-state index contributed by atoms with van der Waals surface area (Å²) in [5, 5.41) is 7.21. The van der Waals surface area contributed by atoms with E-state index in [9.17, 15) is 0 Å². The highest BCUT2D eigenvalue weighted by molar-refractivity contribution is 6.31. The van der Waals surface area contributed by atoms with Crippen molar-refractivity contribution in [1.82, 2.24) is 19.5 Å². The summed E-state index contributed by atoms with van der Waals surface area (Å²) in [6.07, 6.45) is 1.44. The number of nitrogens with one attached hydrogen (secondary N) is 2. The van der Waals surface area contributed by atoms with Crippen molar-refractivity contribution in [3.63, 3.8) is 0 Å². The molecule has 0 unspecified atom stereocenters. The molecular weight excluding hydrogens is 444 g/mol. The SMILES string of the molecule is COc1nc(Oc2ccc(CNc3nc4ccc(NC5COC5)cc4n3C)cc2)ncc1Cl. The fourth-order valence-corrected chi connectivity index (χ4v) is 3.65. The van der Waals surface area contributed by atoms with Crippen LogP contribution in [-0.4, -0.2) is 45.9 Å². The van der Waals surface area contributed by atoms with Crippen molar-refractivity contribution in [2.24, 2.45) is 7.05 Å². The van der Waals surface area contributed by atoms with Crippen molar-refractivity contribution in [2.75, 3.05) is 31.0 Å². The van der Waals surface area contributed by atoms with Crippen LogP contribution in [0.2, 0.25) is 5.02 Å². The quantitative estimate of drug-likeness (QED) is 0.398. The first-order chi connectivity index (χ1) is 16.1. The van der Waals surface area contributed by atoms with E-state index in [0.29, 0.717) is 23.4 Å². The van der Waals surface area contributed by atoms with E-state index in [0.717, 1.165) is 41.4 Å². The predicted molar refractivity (Wildman–Crippen MR) is 126 cm³/mol. The number of nitrogens with zero attached hydrogens (tertiary/aromatic N) is 4. The summed E-state index contributed by atoms with van der Waals surface area (Å²) in [6, 6.07) is 14.4. The molecule has 2 N–H and O–H groups in total. The molecule has 0 spiro atoms. The molecule has 33 heavy (non-hydrogen) atoms. The number of halogens is 1. The maximum absolute atomic E-state index is 5.95. The van der Waals surface area contributed by atoms with Crippen molar-refractivity contribution >= 4 is 34.3 Å². The maximum atomic E-state index is 5.95. The lowest BCUT2D eigenvalue weighted by Gasteiger charge is -2.27. The van der Waals surface area contributed by atoms with E-state index < -0.39 is 0 Å². The molecule has 1 saturated heterocycles. The van der Waals surface area contributed by atoms with E-state index in [4.69, 9.17) is 30.8 Å². The number of anilines is 2. The normalized spacial score (nSPS) is 13.5. The van der Waals surface area contributed by atoms with E-state index in [-0.39, 0.29) is 11.9 Å². The van der Waals surface area contributed by atoms with Crippen LogP contribution in [0.25, 0.3) is 11.0 Å². The van der Waals surface area contributed by atoms with Crippen LogP contribution in [0.15, 0.2) is 48.7 Å². The van der Waals surface area contributed by atoms with Crippen molar-refractivity contribution in [3.05, 3.63) is 59.2 Å². The highest BCUT2D eigenvalue weighted by atomic mass is 35.5. The molecule has 3 heterocycles. The molecule has 0 saturated carbocycles. The van der Waals surface area contributed by atoms with Crippen molar-refractivity contribution in [1.29, 1.82) is 0 Å². The largest absolute Gasteiger partial charge is 0.480 e. The number of rotatable bonds is 8. The highest BCUT2D eigenvalue weighted by Crippen LogP contribution is 2.26. The van der Waals surface area contributed by atoms with E-state index in [2.05, 4.69) is 37.3 Å².